The maximum absolute atomic E-state index is 10.6. The zero-order valence-corrected chi connectivity index (χ0v) is 5.18. The predicted molar refractivity (Wildman–Crippen MR) is 33.1 cm³/mol. The highest BCUT2D eigenvalue weighted by Crippen LogP contribution is 2.07. The first kappa shape index (κ1) is 6.08. The maximum atomic E-state index is 10.6. The van der Waals surface area contributed by atoms with E-state index >= 15 is 0 Å². The van der Waals surface area contributed by atoms with Crippen molar-refractivity contribution < 1.29 is 9.21 Å². The minimum atomic E-state index is -0.193. The largest absolute Gasteiger partial charge is 0.469 e. The number of hydrogen-bond acceptors (Lipinski definition) is 2. The normalized spacial score (nSPS) is 9.56. The fourth-order valence-electron chi connectivity index (χ4n) is 0.674. The molecular weight excluding hydrogens is 116 g/mol. The van der Waals surface area contributed by atoms with Crippen molar-refractivity contribution in [1.29, 1.82) is 0 Å². The molecule has 0 atom stereocenters. The summed E-state index contributed by atoms with van der Waals surface area (Å²) in [5.41, 5.74) is 0.565. The summed E-state index contributed by atoms with van der Waals surface area (Å²) in [5, 5.41) is 0. The molecule has 47 valence electrons. The molecule has 2 nitrogen and oxygen atoms in total. The highest BCUT2D eigenvalue weighted by Gasteiger charge is 2.04. The van der Waals surface area contributed by atoms with Crippen molar-refractivity contribution in [2.45, 2.75) is 6.92 Å². The molecule has 0 bridgehead atoms. The Balaban J connectivity index is 3.08. The van der Waals surface area contributed by atoms with Gasteiger partial charge in [0.2, 0.25) is 0 Å². The number of rotatable bonds is 1. The number of hydrogen-bond donors (Lipinski definition) is 0. The average molecular weight is 123 g/mol. The van der Waals surface area contributed by atoms with Crippen LogP contribution in [0, 0.1) is 13.8 Å². The van der Waals surface area contributed by atoms with Crippen LogP contribution in [0.15, 0.2) is 16.7 Å². The molecule has 0 saturated carbocycles. The Morgan fingerprint density at radius 3 is 2.67 bits per heavy atom. The van der Waals surface area contributed by atoms with Gasteiger partial charge in [-0.15, -0.1) is 0 Å². The minimum Gasteiger partial charge on any atom is -0.469 e. The molecule has 1 radical (unpaired) electrons. The summed E-state index contributed by atoms with van der Waals surface area (Å²) in [7, 11) is 0. The van der Waals surface area contributed by atoms with Gasteiger partial charge in [-0.25, -0.2) is 0 Å². The van der Waals surface area contributed by atoms with Crippen molar-refractivity contribution in [3.63, 3.8) is 0 Å². The Morgan fingerprint density at radius 2 is 2.44 bits per heavy atom. The lowest BCUT2D eigenvalue weighted by molar-refractivity contribution is 0.104. The molecular formula is C7H7O2. The second kappa shape index (κ2) is 2.05. The second-order valence-electron chi connectivity index (χ2n) is 1.81. The van der Waals surface area contributed by atoms with Crippen LogP contribution in [-0.2, 0) is 0 Å². The summed E-state index contributed by atoms with van der Waals surface area (Å²) in [5.74, 6) is 0.441. The first-order valence-corrected chi connectivity index (χ1v) is 2.62. The lowest BCUT2D eigenvalue weighted by Gasteiger charge is -1.86. The number of furan rings is 1. The third-order valence-electron chi connectivity index (χ3n) is 1.16. The van der Waals surface area contributed by atoms with Gasteiger partial charge in [0.1, 0.15) is 5.76 Å². The fraction of sp³-hybridized carbons (Fsp3) is 0.143. The monoisotopic (exact) mass is 123 g/mol. The fourth-order valence-corrected chi connectivity index (χ4v) is 0.674. The SMILES string of the molecule is [CH2]C(=O)c1ccoc1C. The Hall–Kier alpha value is -1.05. The van der Waals surface area contributed by atoms with E-state index in [2.05, 4.69) is 6.92 Å². The number of ketones is 1. The van der Waals surface area contributed by atoms with Crippen LogP contribution in [-0.4, -0.2) is 5.78 Å². The zero-order valence-electron chi connectivity index (χ0n) is 5.18. The van der Waals surface area contributed by atoms with Gasteiger partial charge in [-0.3, -0.25) is 4.79 Å². The van der Waals surface area contributed by atoms with Crippen LogP contribution in [0.5, 0.6) is 0 Å². The summed E-state index contributed by atoms with van der Waals surface area (Å²) < 4.78 is 4.86. The highest BCUT2D eigenvalue weighted by atomic mass is 16.3. The van der Waals surface area contributed by atoms with Gasteiger partial charge in [0.15, 0.2) is 5.78 Å². The first-order chi connectivity index (χ1) is 4.22. The molecule has 0 amide bonds. The van der Waals surface area contributed by atoms with Gasteiger partial charge >= 0.3 is 0 Å². The van der Waals surface area contributed by atoms with Crippen molar-refractivity contribution in [2.24, 2.45) is 0 Å². The Labute approximate surface area is 53.5 Å². The molecule has 2 heteroatoms. The van der Waals surface area contributed by atoms with Crippen LogP contribution in [0.1, 0.15) is 16.1 Å². The van der Waals surface area contributed by atoms with E-state index < -0.39 is 0 Å². The van der Waals surface area contributed by atoms with E-state index in [9.17, 15) is 4.79 Å². The van der Waals surface area contributed by atoms with E-state index in [0.717, 1.165) is 0 Å². The third kappa shape index (κ3) is 1.02. The summed E-state index contributed by atoms with van der Waals surface area (Å²) in [4.78, 5) is 10.6. The quantitative estimate of drug-likeness (QED) is 0.531. The van der Waals surface area contributed by atoms with Gasteiger partial charge in [-0.2, -0.15) is 0 Å². The Morgan fingerprint density at radius 1 is 1.78 bits per heavy atom. The van der Waals surface area contributed by atoms with Gasteiger partial charge in [-0.05, 0) is 13.0 Å². The van der Waals surface area contributed by atoms with Gasteiger partial charge < -0.3 is 4.42 Å². The molecule has 1 rings (SSSR count). The van der Waals surface area contributed by atoms with Crippen molar-refractivity contribution in [3.05, 3.63) is 30.6 Å². The molecule has 0 aliphatic rings. The predicted octanol–water partition coefficient (Wildman–Crippen LogP) is 1.60. The van der Waals surface area contributed by atoms with E-state index in [1.165, 1.54) is 6.26 Å². The molecule has 0 fully saturated rings. The van der Waals surface area contributed by atoms with Crippen molar-refractivity contribution in [1.82, 2.24) is 0 Å². The molecule has 0 saturated heterocycles. The van der Waals surface area contributed by atoms with Crippen molar-refractivity contribution in [2.75, 3.05) is 0 Å². The lowest BCUT2D eigenvalue weighted by atomic mass is 10.2. The molecule has 0 aliphatic carbocycles. The lowest BCUT2D eigenvalue weighted by Crippen LogP contribution is -1.90. The van der Waals surface area contributed by atoms with E-state index in [1.54, 1.807) is 13.0 Å². The van der Waals surface area contributed by atoms with Crippen molar-refractivity contribution >= 4 is 5.78 Å². The smallest absolute Gasteiger partial charge is 0.166 e. The Bertz CT molecular complexity index is 223. The van der Waals surface area contributed by atoms with Crippen molar-refractivity contribution in [3.8, 4) is 0 Å². The molecule has 0 N–H and O–H groups in total. The minimum absolute atomic E-state index is 0.193. The van der Waals surface area contributed by atoms with Crippen LogP contribution < -0.4 is 0 Å². The number of aryl methyl sites for hydroxylation is 1. The van der Waals surface area contributed by atoms with E-state index in [1.807, 2.05) is 0 Å². The molecule has 9 heavy (non-hydrogen) atoms. The van der Waals surface area contributed by atoms with Crippen LogP contribution in [0.2, 0.25) is 0 Å². The van der Waals surface area contributed by atoms with Crippen LogP contribution in [0.4, 0.5) is 0 Å². The van der Waals surface area contributed by atoms with Gasteiger partial charge in [0.05, 0.1) is 11.8 Å². The standard InChI is InChI=1S/C7H7O2/c1-5(8)7-3-4-9-6(7)2/h3-4H,1H2,2H3. The zero-order chi connectivity index (χ0) is 6.85. The van der Waals surface area contributed by atoms with Gasteiger partial charge in [-0.1, -0.05) is 0 Å². The Kier molecular flexibility index (Phi) is 1.39. The van der Waals surface area contributed by atoms with E-state index in [4.69, 9.17) is 4.42 Å². The van der Waals surface area contributed by atoms with Gasteiger partial charge in [0, 0.05) is 6.92 Å². The highest BCUT2D eigenvalue weighted by molar-refractivity contribution is 5.99. The second-order valence-corrected chi connectivity index (χ2v) is 1.81. The molecule has 1 heterocycles. The molecule has 0 spiro atoms. The van der Waals surface area contributed by atoms with E-state index in [-0.39, 0.29) is 5.78 Å². The van der Waals surface area contributed by atoms with Crippen LogP contribution in [0.25, 0.3) is 0 Å². The molecule has 0 unspecified atom stereocenters. The topological polar surface area (TPSA) is 30.2 Å². The number of carbonyl (C=O) groups excluding carboxylic acids is 1. The summed E-state index contributed by atoms with van der Waals surface area (Å²) >= 11 is 0. The van der Waals surface area contributed by atoms with Crippen LogP contribution in [0.3, 0.4) is 0 Å². The number of Topliss-reactive ketones (excluding diaryl/α,β-unsaturated/α-hetero) is 1. The summed E-state index contributed by atoms with van der Waals surface area (Å²) in [6.07, 6.45) is 1.48. The molecule has 1 aromatic rings. The maximum Gasteiger partial charge on any atom is 0.166 e. The number of carbonyl (C=O) groups is 1. The molecule has 0 aliphatic heterocycles. The molecule has 0 aromatic carbocycles. The average Bonchev–Trinajstić information content (AvgIpc) is 2.13. The molecule has 1 aromatic heterocycles. The summed E-state index contributed by atoms with van der Waals surface area (Å²) in [6.45, 7) is 4.98. The first-order valence-electron chi connectivity index (χ1n) is 2.62. The van der Waals surface area contributed by atoms with E-state index in [0.29, 0.717) is 11.3 Å². The third-order valence-corrected chi connectivity index (χ3v) is 1.16. The van der Waals surface area contributed by atoms with Crippen LogP contribution >= 0.6 is 0 Å². The van der Waals surface area contributed by atoms with Gasteiger partial charge in [0.25, 0.3) is 0 Å². The summed E-state index contributed by atoms with van der Waals surface area (Å²) in [6, 6.07) is 1.62.